The molecule has 1 aromatic heterocycles. The molecule has 1 heterocycles. The molecule has 0 saturated heterocycles. The van der Waals surface area contributed by atoms with E-state index in [0.717, 1.165) is 11.3 Å². The summed E-state index contributed by atoms with van der Waals surface area (Å²) in [7, 11) is 0. The summed E-state index contributed by atoms with van der Waals surface area (Å²) in [6.45, 7) is 3.67. The maximum absolute atomic E-state index is 11.3. The molecule has 0 aliphatic carbocycles. The van der Waals surface area contributed by atoms with Crippen LogP contribution in [0.25, 0.3) is 0 Å². The van der Waals surface area contributed by atoms with Crippen LogP contribution in [0.2, 0.25) is 5.02 Å². The predicted octanol–water partition coefficient (Wildman–Crippen LogP) is 2.78. The molecule has 2 aromatic rings. The molecule has 5 heteroatoms. The van der Waals surface area contributed by atoms with Crippen molar-refractivity contribution in [1.82, 2.24) is 9.97 Å². The standard InChI is InChI=1S/C12H12ClN3O/c1-7-6-11(17)16-12(14-7)15-10-5-3-4-9(13)8(10)2/h3-6H,1-2H3,(H2,14,15,16,17). The average molecular weight is 250 g/mol. The molecule has 0 aliphatic rings. The Balaban J connectivity index is 2.38. The second kappa shape index (κ2) is 4.59. The molecule has 0 aliphatic heterocycles. The quantitative estimate of drug-likeness (QED) is 0.861. The Hall–Kier alpha value is -1.81. The van der Waals surface area contributed by atoms with Gasteiger partial charge in [-0.15, -0.1) is 0 Å². The number of aromatic amines is 1. The molecule has 0 bridgehead atoms. The zero-order valence-corrected chi connectivity index (χ0v) is 10.3. The van der Waals surface area contributed by atoms with E-state index in [1.54, 1.807) is 6.92 Å². The lowest BCUT2D eigenvalue weighted by molar-refractivity contribution is 1.07. The molecule has 0 unspecified atom stereocenters. The third kappa shape index (κ3) is 2.65. The summed E-state index contributed by atoms with van der Waals surface area (Å²) in [6, 6.07) is 6.97. The summed E-state index contributed by atoms with van der Waals surface area (Å²) in [6.07, 6.45) is 0. The Morgan fingerprint density at radius 1 is 1.35 bits per heavy atom. The van der Waals surface area contributed by atoms with E-state index in [0.29, 0.717) is 16.7 Å². The van der Waals surface area contributed by atoms with Crippen LogP contribution in [-0.2, 0) is 0 Å². The number of benzene rings is 1. The van der Waals surface area contributed by atoms with Crippen LogP contribution in [0.3, 0.4) is 0 Å². The van der Waals surface area contributed by atoms with E-state index in [1.165, 1.54) is 6.07 Å². The van der Waals surface area contributed by atoms with Crippen LogP contribution in [0.15, 0.2) is 29.1 Å². The number of aromatic nitrogens is 2. The lowest BCUT2D eigenvalue weighted by Crippen LogP contribution is -2.10. The van der Waals surface area contributed by atoms with E-state index in [2.05, 4.69) is 15.3 Å². The first-order chi connectivity index (χ1) is 8.06. The zero-order valence-electron chi connectivity index (χ0n) is 9.54. The number of aryl methyl sites for hydroxylation is 1. The lowest BCUT2D eigenvalue weighted by Gasteiger charge is -2.09. The topological polar surface area (TPSA) is 57.8 Å². The van der Waals surface area contributed by atoms with Crippen molar-refractivity contribution in [2.45, 2.75) is 13.8 Å². The van der Waals surface area contributed by atoms with Crippen molar-refractivity contribution < 1.29 is 0 Å². The number of hydrogen-bond donors (Lipinski definition) is 2. The number of nitrogens with zero attached hydrogens (tertiary/aromatic N) is 1. The van der Waals surface area contributed by atoms with Crippen molar-refractivity contribution in [1.29, 1.82) is 0 Å². The van der Waals surface area contributed by atoms with Crippen molar-refractivity contribution in [2.75, 3.05) is 5.32 Å². The highest BCUT2D eigenvalue weighted by Crippen LogP contribution is 2.24. The normalized spacial score (nSPS) is 10.3. The molecule has 1 aromatic carbocycles. The van der Waals surface area contributed by atoms with E-state index < -0.39 is 0 Å². The fourth-order valence-corrected chi connectivity index (χ4v) is 1.68. The minimum absolute atomic E-state index is 0.181. The monoisotopic (exact) mass is 249 g/mol. The average Bonchev–Trinajstić information content (AvgIpc) is 2.23. The Morgan fingerprint density at radius 3 is 2.82 bits per heavy atom. The van der Waals surface area contributed by atoms with Crippen LogP contribution >= 0.6 is 11.6 Å². The van der Waals surface area contributed by atoms with Crippen molar-refractivity contribution in [2.24, 2.45) is 0 Å². The van der Waals surface area contributed by atoms with E-state index in [9.17, 15) is 4.79 Å². The summed E-state index contributed by atoms with van der Waals surface area (Å²) >= 11 is 6.01. The van der Waals surface area contributed by atoms with Gasteiger partial charge in [0.05, 0.1) is 0 Å². The molecule has 2 rings (SSSR count). The molecule has 17 heavy (non-hydrogen) atoms. The smallest absolute Gasteiger partial charge is 0.252 e. The SMILES string of the molecule is Cc1cc(=O)[nH]c(Nc2cccc(Cl)c2C)n1. The largest absolute Gasteiger partial charge is 0.325 e. The van der Waals surface area contributed by atoms with Crippen molar-refractivity contribution in [3.8, 4) is 0 Å². The van der Waals surface area contributed by atoms with Crippen molar-refractivity contribution >= 4 is 23.2 Å². The van der Waals surface area contributed by atoms with Gasteiger partial charge in [0, 0.05) is 22.5 Å². The van der Waals surface area contributed by atoms with Gasteiger partial charge in [-0.25, -0.2) is 4.98 Å². The zero-order chi connectivity index (χ0) is 12.4. The molecule has 0 saturated carbocycles. The van der Waals surface area contributed by atoms with Gasteiger partial charge in [-0.05, 0) is 31.5 Å². The first-order valence-electron chi connectivity index (χ1n) is 5.16. The number of halogens is 1. The molecule has 0 amide bonds. The summed E-state index contributed by atoms with van der Waals surface area (Å²) in [5.74, 6) is 0.417. The summed E-state index contributed by atoms with van der Waals surface area (Å²) in [5.41, 5.74) is 2.22. The van der Waals surface area contributed by atoms with E-state index in [1.807, 2.05) is 25.1 Å². The first kappa shape index (κ1) is 11.7. The van der Waals surface area contributed by atoms with Crippen LogP contribution in [0.5, 0.6) is 0 Å². The first-order valence-corrected chi connectivity index (χ1v) is 5.54. The van der Waals surface area contributed by atoms with Gasteiger partial charge < -0.3 is 5.32 Å². The third-order valence-electron chi connectivity index (χ3n) is 2.39. The van der Waals surface area contributed by atoms with Crippen molar-refractivity contribution in [3.63, 3.8) is 0 Å². The molecule has 0 radical (unpaired) electrons. The number of anilines is 2. The van der Waals surface area contributed by atoms with Gasteiger partial charge >= 0.3 is 0 Å². The van der Waals surface area contributed by atoms with Crippen molar-refractivity contribution in [3.05, 3.63) is 50.9 Å². The fourth-order valence-electron chi connectivity index (χ4n) is 1.51. The second-order valence-corrected chi connectivity index (χ2v) is 4.18. The summed E-state index contributed by atoms with van der Waals surface area (Å²) in [4.78, 5) is 18.1. The minimum Gasteiger partial charge on any atom is -0.325 e. The van der Waals surface area contributed by atoms with Gasteiger partial charge in [0.1, 0.15) is 0 Å². The van der Waals surface area contributed by atoms with Gasteiger partial charge in [0.15, 0.2) is 0 Å². The van der Waals surface area contributed by atoms with E-state index in [-0.39, 0.29) is 5.56 Å². The number of hydrogen-bond acceptors (Lipinski definition) is 3. The van der Waals surface area contributed by atoms with Gasteiger partial charge in [0.25, 0.3) is 5.56 Å². The number of rotatable bonds is 2. The Bertz CT molecular complexity index is 607. The minimum atomic E-state index is -0.181. The fraction of sp³-hybridized carbons (Fsp3) is 0.167. The molecule has 0 spiro atoms. The third-order valence-corrected chi connectivity index (χ3v) is 2.80. The highest BCUT2D eigenvalue weighted by atomic mass is 35.5. The van der Waals surface area contributed by atoms with E-state index >= 15 is 0 Å². The van der Waals surface area contributed by atoms with Crippen LogP contribution in [-0.4, -0.2) is 9.97 Å². The lowest BCUT2D eigenvalue weighted by atomic mass is 10.2. The van der Waals surface area contributed by atoms with Crippen LogP contribution in [0.1, 0.15) is 11.3 Å². The molecule has 0 fully saturated rings. The Labute approximate surface area is 104 Å². The molecular formula is C12H12ClN3O. The highest BCUT2D eigenvalue weighted by Gasteiger charge is 2.04. The summed E-state index contributed by atoms with van der Waals surface area (Å²) < 4.78 is 0. The Kier molecular flexibility index (Phi) is 3.15. The summed E-state index contributed by atoms with van der Waals surface area (Å²) in [5, 5.41) is 3.71. The van der Waals surface area contributed by atoms with Gasteiger partial charge in [-0.3, -0.25) is 9.78 Å². The van der Waals surface area contributed by atoms with Crippen LogP contribution < -0.4 is 10.9 Å². The Morgan fingerprint density at radius 2 is 2.12 bits per heavy atom. The maximum Gasteiger partial charge on any atom is 0.252 e. The molecule has 0 atom stereocenters. The van der Waals surface area contributed by atoms with Gasteiger partial charge in [0.2, 0.25) is 5.95 Å². The van der Waals surface area contributed by atoms with Gasteiger partial charge in [-0.1, -0.05) is 17.7 Å². The molecule has 88 valence electrons. The van der Waals surface area contributed by atoms with Crippen LogP contribution in [0, 0.1) is 13.8 Å². The molecule has 2 N–H and O–H groups in total. The van der Waals surface area contributed by atoms with Gasteiger partial charge in [-0.2, -0.15) is 0 Å². The van der Waals surface area contributed by atoms with E-state index in [4.69, 9.17) is 11.6 Å². The second-order valence-electron chi connectivity index (χ2n) is 3.77. The maximum atomic E-state index is 11.3. The number of H-pyrrole nitrogens is 1. The van der Waals surface area contributed by atoms with Crippen LogP contribution in [0.4, 0.5) is 11.6 Å². The number of nitrogens with one attached hydrogen (secondary N) is 2. The molecular weight excluding hydrogens is 238 g/mol. The highest BCUT2D eigenvalue weighted by molar-refractivity contribution is 6.31. The molecule has 4 nitrogen and oxygen atoms in total. The predicted molar refractivity (Wildman–Crippen MR) is 69.1 cm³/mol.